The van der Waals surface area contributed by atoms with Gasteiger partial charge in [0.15, 0.2) is 0 Å². The molecule has 6 aromatic carbocycles. The number of aromatic carboxylic acids is 2. The van der Waals surface area contributed by atoms with Gasteiger partial charge in [0.25, 0.3) is 60.7 Å². The number of carbonyl (C=O) groups is 2. The summed E-state index contributed by atoms with van der Waals surface area (Å²) in [4.78, 5) is 40.8. The molecule has 30 nitrogen and oxygen atoms in total. The quantitative estimate of drug-likeness (QED) is 0.0479. The number of H-pyrrole nitrogens is 1. The number of aromatic amines is 1. The first-order chi connectivity index (χ1) is 34.5. The second-order valence-corrected chi connectivity index (χ2v) is 23.7. The Hall–Kier alpha value is -7.75. The number of hydrogen-bond donors (Lipinski definition) is 9. The maximum Gasteiger partial charge on any atom is 0.348 e. The van der Waals surface area contributed by atoms with Crippen molar-refractivity contribution in [1.29, 1.82) is 0 Å². The Labute approximate surface area is 419 Å². The van der Waals surface area contributed by atoms with Crippen LogP contribution in [0.15, 0.2) is 140 Å². The summed E-state index contributed by atoms with van der Waals surface area (Å²) in [6.07, 6.45) is -0.891. The molecule has 7 aromatic rings. The summed E-state index contributed by atoms with van der Waals surface area (Å²) in [7, 11) is -31.8. The molecule has 0 bridgehead atoms. The Bertz CT molecular complexity index is 4230. The lowest BCUT2D eigenvalue weighted by Crippen LogP contribution is -2.19. The van der Waals surface area contributed by atoms with Gasteiger partial charge in [0.2, 0.25) is 0 Å². The topological polar surface area (TPSA) is 509 Å². The fourth-order valence-electron chi connectivity index (χ4n) is 7.16. The normalized spacial score (nSPS) is 13.0. The molecular weight excluding hydrogens is 1130 g/mol. The highest BCUT2D eigenvalue weighted by molar-refractivity contribution is 7.88. The maximum absolute atomic E-state index is 12.7. The van der Waals surface area contributed by atoms with Gasteiger partial charge >= 0.3 is 17.6 Å². The van der Waals surface area contributed by atoms with Gasteiger partial charge in [0.05, 0.1) is 43.7 Å². The van der Waals surface area contributed by atoms with Crippen molar-refractivity contribution in [1.82, 2.24) is 15.0 Å². The number of fused-ring (bicyclic) bond motifs is 2. The lowest BCUT2D eigenvalue weighted by Gasteiger charge is -2.11. The van der Waals surface area contributed by atoms with Crippen molar-refractivity contribution >= 4 is 117 Å². The third-order valence-corrected chi connectivity index (χ3v) is 15.5. The average Bonchev–Trinajstić information content (AvgIpc) is 3.27. The van der Waals surface area contributed by atoms with Crippen LogP contribution in [0.3, 0.4) is 0 Å². The van der Waals surface area contributed by atoms with Crippen LogP contribution in [0, 0.1) is 0 Å². The predicted octanol–water partition coefficient (Wildman–Crippen LogP) is 4.36. The van der Waals surface area contributed by atoms with Crippen molar-refractivity contribution < 1.29 is 97.6 Å². The smallest absolute Gasteiger partial charge is 0.348 e. The molecular formula is C39H27N7O23S6. The molecule has 0 atom stereocenters. The zero-order chi connectivity index (χ0) is 55.5. The number of nitrogens with one attached hydrogen (secondary N) is 1. The highest BCUT2D eigenvalue weighted by atomic mass is 32.2. The van der Waals surface area contributed by atoms with Crippen molar-refractivity contribution in [3.63, 3.8) is 0 Å². The van der Waals surface area contributed by atoms with Gasteiger partial charge in [-0.3, -0.25) is 32.3 Å². The van der Waals surface area contributed by atoms with E-state index in [1.165, 1.54) is 24.3 Å². The van der Waals surface area contributed by atoms with Crippen molar-refractivity contribution in [2.45, 2.75) is 42.2 Å². The molecule has 0 saturated heterocycles. The fraction of sp³-hybridized carbons (Fsp3) is 0.0513. The molecule has 0 amide bonds. The lowest BCUT2D eigenvalue weighted by atomic mass is 10.0. The van der Waals surface area contributed by atoms with Crippen molar-refractivity contribution in [3.05, 3.63) is 129 Å². The number of aromatic nitrogens is 3. The minimum absolute atomic E-state index is 0.0262. The second-order valence-electron chi connectivity index (χ2n) is 15.3. The first-order valence-corrected chi connectivity index (χ1v) is 28.2. The summed E-state index contributed by atoms with van der Waals surface area (Å²) in [5, 5.41) is 32.4. The molecule has 0 aliphatic rings. The van der Waals surface area contributed by atoms with Crippen LogP contribution < -0.4 is 5.69 Å². The highest BCUT2D eigenvalue weighted by Gasteiger charge is 2.28. The predicted molar refractivity (Wildman–Crippen MR) is 250 cm³/mol. The molecule has 0 unspecified atom stereocenters. The molecule has 0 spiro atoms. The number of azo groups is 2. The van der Waals surface area contributed by atoms with E-state index in [0.717, 1.165) is 24.3 Å². The SMILES string of the molecule is O=C(O)c1cc(N=Nc2cc(S(=O)(=O)O)c3cc(S(=O)(=O)O)cc(S(=O)(=O)O)c3c2)ccc1Cc1nc(Cc2ccc(N=Nc3cc(S(=O)(=O)O)c4cc(S(=O)(=O)O)cc(S(=O)(=O)O)c4c3)cc2C(=O)O)[nH]c(=O)n1. The Morgan fingerprint density at radius 2 is 0.773 bits per heavy atom. The largest absolute Gasteiger partial charge is 0.478 e. The van der Waals surface area contributed by atoms with Crippen LogP contribution >= 0.6 is 0 Å². The molecule has 1 aromatic heterocycles. The zero-order valence-corrected chi connectivity index (χ0v) is 41.2. The second kappa shape index (κ2) is 19.5. The molecule has 392 valence electrons. The van der Waals surface area contributed by atoms with E-state index in [-0.39, 0.29) is 34.2 Å². The van der Waals surface area contributed by atoms with Crippen LogP contribution in [0.5, 0.6) is 0 Å². The van der Waals surface area contributed by atoms with Gasteiger partial charge in [-0.25, -0.2) is 19.4 Å². The Balaban J connectivity index is 1.18. The number of carboxylic acids is 2. The van der Waals surface area contributed by atoms with E-state index in [1.54, 1.807) is 0 Å². The Morgan fingerprint density at radius 1 is 0.427 bits per heavy atom. The third-order valence-electron chi connectivity index (χ3n) is 10.3. The number of hydrogen-bond acceptors (Lipinski definition) is 21. The van der Waals surface area contributed by atoms with Crippen LogP contribution in [-0.4, -0.2) is 115 Å². The van der Waals surface area contributed by atoms with E-state index in [9.17, 15) is 102 Å². The summed E-state index contributed by atoms with van der Waals surface area (Å²) in [6.45, 7) is 0. The molecule has 0 fully saturated rings. The van der Waals surface area contributed by atoms with E-state index in [4.69, 9.17) is 0 Å². The van der Waals surface area contributed by atoms with Crippen molar-refractivity contribution in [2.24, 2.45) is 20.5 Å². The van der Waals surface area contributed by atoms with Gasteiger partial charge in [0, 0.05) is 34.4 Å². The first kappa shape index (κ1) is 55.0. The Kier molecular flexibility index (Phi) is 14.3. The fourth-order valence-corrected chi connectivity index (χ4v) is 11.3. The van der Waals surface area contributed by atoms with E-state index < -0.39 is 165 Å². The van der Waals surface area contributed by atoms with Gasteiger partial charge in [-0.05, 0) is 83.9 Å². The lowest BCUT2D eigenvalue weighted by molar-refractivity contribution is 0.0685. The van der Waals surface area contributed by atoms with E-state index >= 15 is 0 Å². The van der Waals surface area contributed by atoms with Crippen LogP contribution in [0.4, 0.5) is 22.7 Å². The number of benzene rings is 6. The molecule has 0 radical (unpaired) electrons. The molecule has 7 rings (SSSR count). The summed E-state index contributed by atoms with van der Waals surface area (Å²) < 4.78 is 204. The molecule has 0 aliphatic carbocycles. The van der Waals surface area contributed by atoms with Crippen LogP contribution in [0.1, 0.15) is 43.5 Å². The maximum atomic E-state index is 12.7. The average molecular weight is 1150 g/mol. The summed E-state index contributed by atoms with van der Waals surface area (Å²) in [6, 6.07) is 11.1. The molecule has 0 aliphatic heterocycles. The van der Waals surface area contributed by atoms with Crippen LogP contribution in [-0.2, 0) is 73.6 Å². The molecule has 9 N–H and O–H groups in total. The van der Waals surface area contributed by atoms with Crippen LogP contribution in [0.25, 0.3) is 21.5 Å². The van der Waals surface area contributed by atoms with Gasteiger partial charge in [-0.2, -0.15) is 75.9 Å². The molecule has 36 heteroatoms. The number of rotatable bonds is 16. The van der Waals surface area contributed by atoms with Gasteiger partial charge in [-0.15, -0.1) is 0 Å². The number of carboxylic acid groups (broad SMARTS) is 2. The van der Waals surface area contributed by atoms with Crippen molar-refractivity contribution in [3.8, 4) is 0 Å². The summed E-state index contributed by atoms with van der Waals surface area (Å²) >= 11 is 0. The van der Waals surface area contributed by atoms with E-state index in [0.29, 0.717) is 36.4 Å². The molecule has 75 heavy (non-hydrogen) atoms. The minimum Gasteiger partial charge on any atom is -0.478 e. The van der Waals surface area contributed by atoms with Gasteiger partial charge in [0.1, 0.15) is 31.2 Å². The van der Waals surface area contributed by atoms with Crippen molar-refractivity contribution in [2.75, 3.05) is 0 Å². The van der Waals surface area contributed by atoms with Crippen LogP contribution in [0.2, 0.25) is 0 Å². The van der Waals surface area contributed by atoms with E-state index in [1.807, 2.05) is 0 Å². The van der Waals surface area contributed by atoms with E-state index in [2.05, 4.69) is 35.4 Å². The summed E-state index contributed by atoms with van der Waals surface area (Å²) in [5.41, 5.74) is -3.63. The molecule has 1 heterocycles. The highest BCUT2D eigenvalue weighted by Crippen LogP contribution is 2.38. The van der Waals surface area contributed by atoms with Gasteiger partial charge in [-0.1, -0.05) is 12.1 Å². The minimum atomic E-state index is -5.36. The third kappa shape index (κ3) is 12.4. The number of nitrogens with zero attached hydrogens (tertiary/aromatic N) is 6. The standard InChI is InChI=1S/C39H27N7O23S6/c47-37(48)25-7-19(43-45-21-9-27-29(31(11-21)72(58,59)60)13-23(70(52,53)54)15-33(27)74(64,65)66)3-1-17(25)5-35-40-36(42-39(51)41-35)6-18-2-4-20(8-26(18)38(49)50)44-46-22-10-28-30(32(12-22)73(61,62)63)14-24(71(55,56)57)16-34(28)75(67,68)69/h1-4,7-16H,5-6H2,(H,47,48)(H,49,50)(H,52,53,54)(H,55,56,57)(H,58,59,60)(H,61,62,63)(H,64,65,66)(H,67,68,69)(H,40,41,42,51). The summed E-state index contributed by atoms with van der Waals surface area (Å²) in [5.74, 6) is -3.63. The molecule has 0 saturated carbocycles. The first-order valence-electron chi connectivity index (χ1n) is 19.6. The zero-order valence-electron chi connectivity index (χ0n) is 36.3. The monoisotopic (exact) mass is 1150 g/mol. The Morgan fingerprint density at radius 3 is 1.13 bits per heavy atom. The van der Waals surface area contributed by atoms with Gasteiger partial charge < -0.3 is 10.2 Å².